The lowest BCUT2D eigenvalue weighted by atomic mass is 10.2. The number of carbonyl (C=O) groups excluding carboxylic acids is 1. The monoisotopic (exact) mass is 356 g/mol. The molecule has 1 amide bonds. The number of hydrogen-bond acceptors (Lipinski definition) is 5. The number of benzene rings is 1. The van der Waals surface area contributed by atoms with Gasteiger partial charge in [0.1, 0.15) is 5.82 Å². The second-order valence-corrected chi connectivity index (χ2v) is 7.36. The molecule has 0 spiro atoms. The molecule has 1 N–H and O–H groups in total. The number of likely N-dealkylation sites (tertiary alicyclic amines) is 1. The number of aromatic nitrogens is 2. The van der Waals surface area contributed by atoms with Crippen molar-refractivity contribution < 1.29 is 9.72 Å². The van der Waals surface area contributed by atoms with E-state index in [1.807, 2.05) is 24.3 Å². The third-order valence-corrected chi connectivity index (χ3v) is 5.56. The van der Waals surface area contributed by atoms with Crippen molar-refractivity contribution >= 4 is 34.0 Å². The van der Waals surface area contributed by atoms with E-state index in [-0.39, 0.29) is 17.6 Å². The Bertz CT molecular complexity index is 944. The summed E-state index contributed by atoms with van der Waals surface area (Å²) in [5.74, 6) is 0.610. The Morgan fingerprint density at radius 2 is 2.24 bits per heavy atom. The van der Waals surface area contributed by atoms with Gasteiger partial charge in [-0.3, -0.25) is 14.9 Å². The molecule has 1 saturated heterocycles. The summed E-state index contributed by atoms with van der Waals surface area (Å²) in [7, 11) is 0. The predicted octanol–water partition coefficient (Wildman–Crippen LogP) is 3.82. The number of para-hydroxylation sites is 2. The second-order valence-electron chi connectivity index (χ2n) is 6.10. The Balaban J connectivity index is 1.65. The summed E-state index contributed by atoms with van der Waals surface area (Å²) in [6.07, 6.45) is 1.72. The average Bonchev–Trinajstić information content (AvgIpc) is 3.30. The standard InChI is InChI=1S/C17H16N4O3S/c1-10-14(21(23)24)9-15(25-10)17(22)20-8-4-7-13(20)16-18-11-5-2-3-6-12(11)19-16/h2-3,5-6,9,13H,4,7-8H2,1H3,(H,18,19)/t13-/m1/s1. The van der Waals surface area contributed by atoms with Gasteiger partial charge in [0.2, 0.25) is 0 Å². The summed E-state index contributed by atoms with van der Waals surface area (Å²) < 4.78 is 0. The van der Waals surface area contributed by atoms with Crippen molar-refractivity contribution in [1.82, 2.24) is 14.9 Å². The van der Waals surface area contributed by atoms with Gasteiger partial charge in [-0.1, -0.05) is 12.1 Å². The van der Waals surface area contributed by atoms with Crippen LogP contribution in [-0.4, -0.2) is 32.2 Å². The van der Waals surface area contributed by atoms with E-state index in [1.165, 1.54) is 17.4 Å². The van der Waals surface area contributed by atoms with Gasteiger partial charge in [-0.05, 0) is 31.9 Å². The van der Waals surface area contributed by atoms with Crippen molar-refractivity contribution in [3.05, 3.63) is 56.0 Å². The van der Waals surface area contributed by atoms with Gasteiger partial charge in [0.15, 0.2) is 0 Å². The van der Waals surface area contributed by atoms with Gasteiger partial charge in [-0.15, -0.1) is 11.3 Å². The van der Waals surface area contributed by atoms with Crippen LogP contribution in [0, 0.1) is 17.0 Å². The SMILES string of the molecule is Cc1sc(C(=O)N2CCC[C@@H]2c2nc3ccccc3[nH]2)cc1[N+](=O)[O-]. The van der Waals surface area contributed by atoms with Crippen LogP contribution in [0.15, 0.2) is 30.3 Å². The summed E-state index contributed by atoms with van der Waals surface area (Å²) in [6, 6.07) is 9.02. The summed E-state index contributed by atoms with van der Waals surface area (Å²) in [5.41, 5.74) is 1.83. The zero-order valence-electron chi connectivity index (χ0n) is 13.6. The Hall–Kier alpha value is -2.74. The van der Waals surface area contributed by atoms with Gasteiger partial charge in [-0.25, -0.2) is 4.98 Å². The van der Waals surface area contributed by atoms with E-state index >= 15 is 0 Å². The number of nitrogens with zero attached hydrogens (tertiary/aromatic N) is 3. The fraction of sp³-hybridized carbons (Fsp3) is 0.294. The molecular formula is C17H16N4O3S. The molecular weight excluding hydrogens is 340 g/mol. The maximum atomic E-state index is 12.9. The highest BCUT2D eigenvalue weighted by Gasteiger charge is 2.34. The van der Waals surface area contributed by atoms with Gasteiger partial charge in [0.05, 0.1) is 31.8 Å². The van der Waals surface area contributed by atoms with Crippen LogP contribution in [0.5, 0.6) is 0 Å². The van der Waals surface area contributed by atoms with Crippen LogP contribution >= 0.6 is 11.3 Å². The zero-order chi connectivity index (χ0) is 17.6. The summed E-state index contributed by atoms with van der Waals surface area (Å²) >= 11 is 1.18. The summed E-state index contributed by atoms with van der Waals surface area (Å²) in [6.45, 7) is 2.30. The molecule has 25 heavy (non-hydrogen) atoms. The molecule has 0 unspecified atom stereocenters. The molecule has 7 nitrogen and oxygen atoms in total. The van der Waals surface area contributed by atoms with Crippen LogP contribution in [0.2, 0.25) is 0 Å². The van der Waals surface area contributed by atoms with Crippen LogP contribution in [0.1, 0.15) is 39.3 Å². The molecule has 1 fully saturated rings. The predicted molar refractivity (Wildman–Crippen MR) is 94.8 cm³/mol. The number of fused-ring (bicyclic) bond motifs is 1. The third-order valence-electron chi connectivity index (χ3n) is 4.54. The van der Waals surface area contributed by atoms with E-state index < -0.39 is 4.92 Å². The lowest BCUT2D eigenvalue weighted by Gasteiger charge is -2.22. The fourth-order valence-corrected chi connectivity index (χ4v) is 4.27. The Morgan fingerprint density at radius 1 is 1.44 bits per heavy atom. The number of hydrogen-bond donors (Lipinski definition) is 1. The molecule has 1 aromatic carbocycles. The highest BCUT2D eigenvalue weighted by molar-refractivity contribution is 7.14. The van der Waals surface area contributed by atoms with Crippen LogP contribution in [0.4, 0.5) is 5.69 Å². The number of aromatic amines is 1. The smallest absolute Gasteiger partial charge is 0.283 e. The fourth-order valence-electron chi connectivity index (χ4n) is 3.33. The van der Waals surface area contributed by atoms with Crippen LogP contribution in [0.3, 0.4) is 0 Å². The van der Waals surface area contributed by atoms with Crippen molar-refractivity contribution in [2.75, 3.05) is 6.54 Å². The van der Waals surface area contributed by atoms with Crippen LogP contribution < -0.4 is 0 Å². The van der Waals surface area contributed by atoms with Crippen molar-refractivity contribution in [3.63, 3.8) is 0 Å². The maximum absolute atomic E-state index is 12.9. The first-order valence-electron chi connectivity index (χ1n) is 8.05. The van der Waals surface area contributed by atoms with Gasteiger partial charge in [0, 0.05) is 12.6 Å². The van der Waals surface area contributed by atoms with E-state index in [1.54, 1.807) is 11.8 Å². The van der Waals surface area contributed by atoms with Gasteiger partial charge < -0.3 is 9.88 Å². The van der Waals surface area contributed by atoms with Crippen molar-refractivity contribution in [2.45, 2.75) is 25.8 Å². The van der Waals surface area contributed by atoms with E-state index in [0.29, 0.717) is 16.3 Å². The molecule has 8 heteroatoms. The van der Waals surface area contributed by atoms with E-state index in [4.69, 9.17) is 0 Å². The summed E-state index contributed by atoms with van der Waals surface area (Å²) in [5, 5.41) is 11.0. The molecule has 0 bridgehead atoms. The molecule has 0 saturated carbocycles. The molecule has 3 heterocycles. The molecule has 0 aliphatic carbocycles. The minimum atomic E-state index is -0.441. The number of aryl methyl sites for hydroxylation is 1. The largest absolute Gasteiger partial charge is 0.340 e. The quantitative estimate of drug-likeness (QED) is 0.570. The highest BCUT2D eigenvalue weighted by atomic mass is 32.1. The number of imidazole rings is 1. The number of H-pyrrole nitrogens is 1. The van der Waals surface area contributed by atoms with Gasteiger partial charge in [-0.2, -0.15) is 0 Å². The van der Waals surface area contributed by atoms with Gasteiger partial charge in [0.25, 0.3) is 11.6 Å². The molecule has 3 aromatic rings. The van der Waals surface area contributed by atoms with Crippen LogP contribution in [0.25, 0.3) is 11.0 Å². The molecule has 2 aromatic heterocycles. The minimum absolute atomic E-state index is 0.00725. The normalized spacial score (nSPS) is 17.3. The first-order valence-corrected chi connectivity index (χ1v) is 8.86. The Morgan fingerprint density at radius 3 is 2.96 bits per heavy atom. The van der Waals surface area contributed by atoms with E-state index in [2.05, 4.69) is 9.97 Å². The lowest BCUT2D eigenvalue weighted by Crippen LogP contribution is -2.30. The maximum Gasteiger partial charge on any atom is 0.283 e. The number of thiophene rings is 1. The molecule has 4 rings (SSSR count). The topological polar surface area (TPSA) is 92.1 Å². The first kappa shape index (κ1) is 15.8. The lowest BCUT2D eigenvalue weighted by molar-refractivity contribution is -0.385. The number of nitro groups is 1. The Kier molecular flexibility index (Phi) is 3.76. The molecule has 1 aliphatic heterocycles. The van der Waals surface area contributed by atoms with Crippen molar-refractivity contribution in [2.24, 2.45) is 0 Å². The van der Waals surface area contributed by atoms with Crippen molar-refractivity contribution in [3.8, 4) is 0 Å². The first-order chi connectivity index (χ1) is 12.0. The number of amides is 1. The van der Waals surface area contributed by atoms with Gasteiger partial charge >= 0.3 is 0 Å². The van der Waals surface area contributed by atoms with E-state index in [9.17, 15) is 14.9 Å². The van der Waals surface area contributed by atoms with Crippen molar-refractivity contribution in [1.29, 1.82) is 0 Å². The number of nitrogens with one attached hydrogen (secondary N) is 1. The second kappa shape index (κ2) is 5.96. The highest BCUT2D eigenvalue weighted by Crippen LogP contribution is 2.35. The molecule has 1 atom stereocenters. The van der Waals surface area contributed by atoms with Crippen LogP contribution in [-0.2, 0) is 0 Å². The molecule has 0 radical (unpaired) electrons. The third kappa shape index (κ3) is 2.68. The number of carbonyl (C=O) groups is 1. The molecule has 128 valence electrons. The zero-order valence-corrected chi connectivity index (χ0v) is 14.4. The number of rotatable bonds is 3. The Labute approximate surface area is 147 Å². The average molecular weight is 356 g/mol. The molecule has 1 aliphatic rings. The summed E-state index contributed by atoms with van der Waals surface area (Å²) in [4.78, 5) is 34.1. The minimum Gasteiger partial charge on any atom is -0.340 e. The van der Waals surface area contributed by atoms with E-state index in [0.717, 1.165) is 29.7 Å².